The Morgan fingerprint density at radius 1 is 1.04 bits per heavy atom. The summed E-state index contributed by atoms with van der Waals surface area (Å²) in [5.41, 5.74) is 8.94. The van der Waals surface area contributed by atoms with E-state index >= 15 is 0 Å². The SMILES string of the molecule is C=Cc1c2[n-]c(c1C)/C=C1\[N-]/C(=C3\c4[n-]c(c(C)c4C(=O)[C@@H]3C(=O)OC)/C=c3\[n-]/c(c(C)c3CC)=C\2)[C@@H](C[C@@H]2OC2(O)O)[C@@H]1C.[Mg+2]. The Bertz CT molecular complexity index is 2020. The summed E-state index contributed by atoms with van der Waals surface area (Å²) in [7, 11) is 1.25. The van der Waals surface area contributed by atoms with Crippen molar-refractivity contribution >= 4 is 64.7 Å². The number of nitrogens with zero attached hydrogens (tertiary/aromatic N) is 4. The van der Waals surface area contributed by atoms with E-state index in [4.69, 9.17) is 29.7 Å². The molecule has 4 aliphatic rings. The number of hydrogen-bond donors (Lipinski definition) is 2. The van der Waals surface area contributed by atoms with Gasteiger partial charge in [0.25, 0.3) is 0 Å². The summed E-state index contributed by atoms with van der Waals surface area (Å²) in [4.78, 5) is 42.2. The minimum Gasteiger partial charge on any atom is -0.664 e. The van der Waals surface area contributed by atoms with E-state index in [0.29, 0.717) is 45.2 Å². The number of carbonyl (C=O) groups excluding carboxylic acids is 2. The van der Waals surface area contributed by atoms with Gasteiger partial charge in [0.2, 0.25) is 0 Å². The number of aromatic nitrogens is 3. The van der Waals surface area contributed by atoms with E-state index in [2.05, 4.69) is 13.5 Å². The van der Waals surface area contributed by atoms with Gasteiger partial charge in [-0.05, 0) is 51.0 Å². The van der Waals surface area contributed by atoms with Gasteiger partial charge in [-0.2, -0.15) is 11.4 Å². The first-order valence-corrected chi connectivity index (χ1v) is 15.1. The molecule has 2 fully saturated rings. The van der Waals surface area contributed by atoms with Crippen LogP contribution in [0.15, 0.2) is 18.0 Å². The molecule has 0 radical (unpaired) electrons. The summed E-state index contributed by atoms with van der Waals surface area (Å²) in [5, 5.41) is 26.8. The van der Waals surface area contributed by atoms with Crippen molar-refractivity contribution in [2.24, 2.45) is 17.8 Å². The normalized spacial score (nSPS) is 27.8. The van der Waals surface area contributed by atoms with E-state index in [1.807, 2.05) is 45.9 Å². The first-order chi connectivity index (χ1) is 21.4. The minimum absolute atomic E-state index is 0. The fraction of sp³-hybridized carbons (Fsp3) is 0.371. The molecule has 0 amide bonds. The number of carbonyl (C=O) groups is 2. The number of allylic oxidation sites excluding steroid dienone is 2. The van der Waals surface area contributed by atoms with Crippen LogP contribution in [0.1, 0.15) is 81.2 Å². The second kappa shape index (κ2) is 11.3. The maximum absolute atomic E-state index is 14.0. The van der Waals surface area contributed by atoms with Gasteiger partial charge in [0, 0.05) is 5.56 Å². The van der Waals surface area contributed by atoms with E-state index in [-0.39, 0.29) is 35.4 Å². The van der Waals surface area contributed by atoms with Gasteiger partial charge in [0.1, 0.15) is 12.0 Å². The number of esters is 1. The Morgan fingerprint density at radius 3 is 2.35 bits per heavy atom. The van der Waals surface area contributed by atoms with Crippen molar-refractivity contribution in [3.8, 4) is 0 Å². The van der Waals surface area contributed by atoms with Crippen LogP contribution in [0.5, 0.6) is 0 Å². The molecule has 8 bridgehead atoms. The number of fused-ring (bicyclic) bond motifs is 7. The smallest absolute Gasteiger partial charge is 0.664 e. The predicted octanol–water partition coefficient (Wildman–Crippen LogP) is 2.08. The molecule has 3 aliphatic heterocycles. The van der Waals surface area contributed by atoms with Gasteiger partial charge in [-0.1, -0.05) is 72.6 Å². The number of rotatable bonds is 5. The van der Waals surface area contributed by atoms with Crippen molar-refractivity contribution in [2.75, 3.05) is 7.11 Å². The number of ether oxygens (including phenoxy) is 2. The second-order valence-corrected chi connectivity index (χ2v) is 12.3. The van der Waals surface area contributed by atoms with Gasteiger partial charge in [-0.25, -0.2) is 0 Å². The zero-order chi connectivity index (χ0) is 32.1. The Balaban J connectivity index is 0.00000372. The third-order valence-electron chi connectivity index (χ3n) is 9.89. The quantitative estimate of drug-likeness (QED) is 0.142. The van der Waals surface area contributed by atoms with E-state index in [1.54, 1.807) is 6.08 Å². The largest absolute Gasteiger partial charge is 2.00 e. The third-order valence-corrected chi connectivity index (χ3v) is 9.89. The number of methoxy groups -OCH3 is 1. The molecule has 7 rings (SSSR count). The van der Waals surface area contributed by atoms with Gasteiger partial charge < -0.3 is 40.0 Å². The molecule has 2 saturated heterocycles. The molecule has 10 nitrogen and oxygen atoms in total. The number of Topliss-reactive ketones (excluding diaryl/α,β-unsaturated/α-hetero) is 1. The summed E-state index contributed by atoms with van der Waals surface area (Å²) in [6.07, 6.45) is 7.68. The van der Waals surface area contributed by atoms with Gasteiger partial charge >= 0.3 is 35.0 Å². The van der Waals surface area contributed by atoms with Crippen LogP contribution in [0.3, 0.4) is 0 Å². The number of hydrogen-bond acceptors (Lipinski definition) is 6. The first-order valence-electron chi connectivity index (χ1n) is 15.1. The summed E-state index contributed by atoms with van der Waals surface area (Å²) in [6, 6.07) is 0. The zero-order valence-corrected chi connectivity index (χ0v) is 28.2. The Morgan fingerprint density at radius 2 is 1.72 bits per heavy atom. The van der Waals surface area contributed by atoms with Crippen molar-refractivity contribution in [1.82, 2.24) is 15.0 Å². The van der Waals surface area contributed by atoms with Crippen LogP contribution >= 0.6 is 0 Å². The Kier molecular flexibility index (Phi) is 7.92. The van der Waals surface area contributed by atoms with E-state index in [1.165, 1.54) is 7.11 Å². The van der Waals surface area contributed by atoms with Gasteiger partial charge in [0.05, 0.1) is 7.11 Å². The van der Waals surface area contributed by atoms with E-state index < -0.39 is 35.7 Å². The minimum atomic E-state index is -2.24. The van der Waals surface area contributed by atoms with E-state index in [0.717, 1.165) is 45.1 Å². The molecule has 0 saturated carbocycles. The predicted molar refractivity (Wildman–Crippen MR) is 173 cm³/mol. The molecule has 234 valence electrons. The standard InChI is InChI=1S/C35H35N4O6.Mg/c1-8-18-14(3)21-11-23-16(5)20(10-27-35(42,43)45-27)31(38-23)29-30(34(41)44-7)33(40)28-17(6)24(39-32(28)29)13-26-19(9-2)15(4)22(37-26)12-25(18)36-21;/h8,11-13,16,20,27,30,42-43H,1,9-10H2,2-7H3,(H-,38,39,40);/q-3;+2/p-1/b22-12-,23-11-,26-13-;/t16-,20-,27-,30+;/m0./s1. The van der Waals surface area contributed by atoms with Crippen molar-refractivity contribution in [1.29, 1.82) is 0 Å². The summed E-state index contributed by atoms with van der Waals surface area (Å²) in [6.45, 7) is 14.0. The third kappa shape index (κ3) is 4.71. The molecule has 6 heterocycles. The molecule has 3 aromatic rings. The van der Waals surface area contributed by atoms with Crippen molar-refractivity contribution < 1.29 is 29.3 Å². The average molecular weight is 631 g/mol. The number of aliphatic hydroxyl groups is 2. The molecule has 3 aromatic heterocycles. The molecule has 1 aliphatic carbocycles. The number of ketones is 1. The topological polar surface area (TPSA) is 153 Å². The van der Waals surface area contributed by atoms with Crippen molar-refractivity contribution in [3.63, 3.8) is 0 Å². The zero-order valence-electron chi connectivity index (χ0n) is 26.8. The average Bonchev–Trinajstić information content (AvgIpc) is 3.41. The van der Waals surface area contributed by atoms with Gasteiger partial charge in [-0.3, -0.25) is 9.59 Å². The molecule has 2 N–H and O–H groups in total. The second-order valence-electron chi connectivity index (χ2n) is 12.3. The molecule has 4 atom stereocenters. The maximum atomic E-state index is 14.0. The maximum Gasteiger partial charge on any atom is 2.00 e. The molecule has 0 unspecified atom stereocenters. The summed E-state index contributed by atoms with van der Waals surface area (Å²) in [5.74, 6) is -5.24. The summed E-state index contributed by atoms with van der Waals surface area (Å²) < 4.78 is 10.3. The fourth-order valence-electron chi connectivity index (χ4n) is 7.19. The molecular formula is C35H34MgN4O6-2. The van der Waals surface area contributed by atoms with E-state index in [9.17, 15) is 19.8 Å². The van der Waals surface area contributed by atoms with Gasteiger partial charge in [0.15, 0.2) is 5.78 Å². The Hall–Kier alpha value is -3.61. The monoisotopic (exact) mass is 630 g/mol. The van der Waals surface area contributed by atoms with Crippen molar-refractivity contribution in [2.45, 2.75) is 59.5 Å². The van der Waals surface area contributed by atoms with Crippen molar-refractivity contribution in [3.05, 3.63) is 90.1 Å². The van der Waals surface area contributed by atoms with Crippen LogP contribution in [0.25, 0.3) is 35.2 Å². The fourth-order valence-corrected chi connectivity index (χ4v) is 7.19. The molecule has 0 spiro atoms. The molecule has 11 heteroatoms. The molecule has 0 aromatic carbocycles. The summed E-state index contributed by atoms with van der Waals surface area (Å²) >= 11 is 0. The van der Waals surface area contributed by atoms with Crippen LogP contribution in [-0.4, -0.2) is 64.2 Å². The molecular weight excluding hydrogens is 597 g/mol. The van der Waals surface area contributed by atoms with Crippen LogP contribution in [-0.2, 0) is 20.7 Å². The van der Waals surface area contributed by atoms with Crippen LogP contribution in [0.4, 0.5) is 0 Å². The Labute approximate surface area is 282 Å². The van der Waals surface area contributed by atoms with Gasteiger partial charge in [-0.15, -0.1) is 33.5 Å². The molecule has 46 heavy (non-hydrogen) atoms. The first kappa shape index (κ1) is 32.3. The number of epoxide rings is 1. The van der Waals surface area contributed by atoms with Crippen LogP contribution in [0.2, 0.25) is 0 Å². The van der Waals surface area contributed by atoms with Crippen LogP contribution < -0.4 is 25.7 Å². The van der Waals surface area contributed by atoms with Crippen LogP contribution in [0, 0.1) is 38.5 Å².